The fourth-order valence-corrected chi connectivity index (χ4v) is 2.44. The number of nitrogens with two attached hydrogens (primary N) is 1. The first kappa shape index (κ1) is 15.0. The van der Waals surface area contributed by atoms with E-state index in [9.17, 15) is 4.39 Å². The topological polar surface area (TPSA) is 35.2 Å². The van der Waals surface area contributed by atoms with Crippen LogP contribution in [0.5, 0.6) is 5.75 Å². The van der Waals surface area contributed by atoms with E-state index in [2.05, 4.69) is 22.9 Å². The van der Waals surface area contributed by atoms with Crippen LogP contribution in [0.2, 0.25) is 0 Å². The molecule has 0 fully saturated rings. The lowest BCUT2D eigenvalue weighted by molar-refractivity contribution is 0.315. The van der Waals surface area contributed by atoms with Crippen molar-refractivity contribution in [3.8, 4) is 5.75 Å². The number of benzene rings is 2. The Labute approximate surface area is 126 Å². The highest BCUT2D eigenvalue weighted by Crippen LogP contribution is 2.30. The van der Waals surface area contributed by atoms with Crippen LogP contribution in [0.1, 0.15) is 30.5 Å². The molecule has 0 saturated heterocycles. The fraction of sp³-hybridized carbons (Fsp3) is 0.250. The van der Waals surface area contributed by atoms with Gasteiger partial charge in [-0.1, -0.05) is 25.1 Å². The molecule has 0 aromatic heterocycles. The molecule has 4 heteroatoms. The van der Waals surface area contributed by atoms with Gasteiger partial charge >= 0.3 is 0 Å². The van der Waals surface area contributed by atoms with Gasteiger partial charge in [-0.3, -0.25) is 0 Å². The van der Waals surface area contributed by atoms with Gasteiger partial charge in [0.05, 0.1) is 17.1 Å². The van der Waals surface area contributed by atoms with Gasteiger partial charge in [0.1, 0.15) is 11.6 Å². The van der Waals surface area contributed by atoms with Crippen molar-refractivity contribution in [1.82, 2.24) is 0 Å². The molecule has 0 aliphatic heterocycles. The van der Waals surface area contributed by atoms with Gasteiger partial charge in [-0.05, 0) is 57.7 Å². The largest absolute Gasteiger partial charge is 0.492 e. The van der Waals surface area contributed by atoms with E-state index < -0.39 is 0 Å². The molecule has 1 atom stereocenters. The highest BCUT2D eigenvalue weighted by Gasteiger charge is 2.12. The van der Waals surface area contributed by atoms with Crippen LogP contribution in [0, 0.1) is 5.82 Å². The Morgan fingerprint density at radius 1 is 1.20 bits per heavy atom. The van der Waals surface area contributed by atoms with Gasteiger partial charge in [0.15, 0.2) is 0 Å². The van der Waals surface area contributed by atoms with E-state index in [0.717, 1.165) is 27.8 Å². The lowest BCUT2D eigenvalue weighted by Gasteiger charge is -2.15. The second kappa shape index (κ2) is 6.86. The lowest BCUT2D eigenvalue weighted by Crippen LogP contribution is -2.12. The summed E-state index contributed by atoms with van der Waals surface area (Å²) in [5, 5.41) is 0. The Bertz CT molecular complexity index is 588. The third-order valence-electron chi connectivity index (χ3n) is 2.98. The molecule has 0 amide bonds. The van der Waals surface area contributed by atoms with E-state index in [0.29, 0.717) is 6.61 Å². The minimum atomic E-state index is -0.359. The summed E-state index contributed by atoms with van der Waals surface area (Å²) in [5.41, 5.74) is 7.83. The monoisotopic (exact) mass is 337 g/mol. The summed E-state index contributed by atoms with van der Waals surface area (Å²) in [5.74, 6) is 0.516. The van der Waals surface area contributed by atoms with Crippen LogP contribution in [-0.2, 0) is 0 Å². The van der Waals surface area contributed by atoms with Gasteiger partial charge in [0.2, 0.25) is 0 Å². The normalized spacial score (nSPS) is 12.2. The maximum absolute atomic E-state index is 13.2. The molecule has 0 bridgehead atoms. The summed E-state index contributed by atoms with van der Waals surface area (Å²) in [6.45, 7) is 2.73. The van der Waals surface area contributed by atoms with Crippen molar-refractivity contribution in [2.75, 3.05) is 6.61 Å². The van der Waals surface area contributed by atoms with Crippen LogP contribution in [0.3, 0.4) is 0 Å². The first-order valence-corrected chi connectivity index (χ1v) is 7.34. The third-order valence-corrected chi connectivity index (χ3v) is 3.60. The minimum absolute atomic E-state index is 0.278. The molecule has 2 rings (SSSR count). The SMILES string of the molecule is CCCOc1ccc(C(N)c2cccc(F)c2)cc1Br. The smallest absolute Gasteiger partial charge is 0.133 e. The molecule has 0 spiro atoms. The van der Waals surface area contributed by atoms with E-state index in [1.807, 2.05) is 24.3 Å². The number of ether oxygens (including phenoxy) is 1. The number of hydrogen-bond donors (Lipinski definition) is 1. The standard InChI is InChI=1S/C16H17BrFNO/c1-2-8-20-15-7-6-12(10-14(15)17)16(19)11-4-3-5-13(18)9-11/h3-7,9-10,16H,2,8,19H2,1H3. The second-order valence-corrected chi connectivity index (χ2v) is 5.43. The van der Waals surface area contributed by atoms with Crippen molar-refractivity contribution in [3.63, 3.8) is 0 Å². The highest BCUT2D eigenvalue weighted by atomic mass is 79.9. The number of hydrogen-bond acceptors (Lipinski definition) is 2. The Hall–Kier alpha value is -1.39. The molecule has 0 radical (unpaired) electrons. The van der Waals surface area contributed by atoms with Crippen LogP contribution in [-0.4, -0.2) is 6.61 Å². The molecule has 2 N–H and O–H groups in total. The number of halogens is 2. The summed E-state index contributed by atoms with van der Waals surface area (Å²) < 4.78 is 19.7. The summed E-state index contributed by atoms with van der Waals surface area (Å²) in [6, 6.07) is 11.7. The van der Waals surface area contributed by atoms with E-state index in [-0.39, 0.29) is 11.9 Å². The first-order chi connectivity index (χ1) is 9.61. The maximum Gasteiger partial charge on any atom is 0.133 e. The highest BCUT2D eigenvalue weighted by molar-refractivity contribution is 9.10. The predicted molar refractivity (Wildman–Crippen MR) is 82.4 cm³/mol. The van der Waals surface area contributed by atoms with Gasteiger partial charge in [-0.25, -0.2) is 4.39 Å². The summed E-state index contributed by atoms with van der Waals surface area (Å²) in [4.78, 5) is 0. The molecule has 106 valence electrons. The van der Waals surface area contributed by atoms with Crippen molar-refractivity contribution < 1.29 is 9.13 Å². The zero-order chi connectivity index (χ0) is 14.5. The zero-order valence-corrected chi connectivity index (χ0v) is 12.9. The molecular formula is C16H17BrFNO. The summed E-state index contributed by atoms with van der Waals surface area (Å²) in [6.07, 6.45) is 0.955. The Morgan fingerprint density at radius 3 is 2.60 bits per heavy atom. The molecule has 2 aromatic rings. The van der Waals surface area contributed by atoms with Crippen molar-refractivity contribution in [3.05, 3.63) is 63.9 Å². The van der Waals surface area contributed by atoms with E-state index in [1.165, 1.54) is 12.1 Å². The Morgan fingerprint density at radius 2 is 1.95 bits per heavy atom. The Kier molecular flexibility index (Phi) is 5.15. The van der Waals surface area contributed by atoms with Gasteiger partial charge < -0.3 is 10.5 Å². The molecule has 0 heterocycles. The second-order valence-electron chi connectivity index (χ2n) is 4.57. The van der Waals surface area contributed by atoms with Gasteiger partial charge in [0, 0.05) is 0 Å². The van der Waals surface area contributed by atoms with Crippen LogP contribution in [0.15, 0.2) is 46.9 Å². The molecular weight excluding hydrogens is 321 g/mol. The van der Waals surface area contributed by atoms with Crippen molar-refractivity contribution >= 4 is 15.9 Å². The van der Waals surface area contributed by atoms with Crippen LogP contribution in [0.4, 0.5) is 4.39 Å². The van der Waals surface area contributed by atoms with Crippen LogP contribution in [0.25, 0.3) is 0 Å². The molecule has 0 saturated carbocycles. The molecule has 0 aliphatic rings. The average Bonchev–Trinajstić information content (AvgIpc) is 2.45. The first-order valence-electron chi connectivity index (χ1n) is 6.55. The maximum atomic E-state index is 13.2. The quantitative estimate of drug-likeness (QED) is 0.876. The Balaban J connectivity index is 2.22. The van der Waals surface area contributed by atoms with Crippen LogP contribution < -0.4 is 10.5 Å². The molecule has 0 aliphatic carbocycles. The van der Waals surface area contributed by atoms with Crippen molar-refractivity contribution in [2.24, 2.45) is 5.73 Å². The lowest BCUT2D eigenvalue weighted by atomic mass is 9.99. The molecule has 2 aromatic carbocycles. The third kappa shape index (κ3) is 3.58. The summed E-state index contributed by atoms with van der Waals surface area (Å²) in [7, 11) is 0. The van der Waals surface area contributed by atoms with Crippen molar-refractivity contribution in [1.29, 1.82) is 0 Å². The number of rotatable bonds is 5. The van der Waals surface area contributed by atoms with Gasteiger partial charge in [-0.15, -0.1) is 0 Å². The van der Waals surface area contributed by atoms with E-state index >= 15 is 0 Å². The zero-order valence-electron chi connectivity index (χ0n) is 11.3. The van der Waals surface area contributed by atoms with Gasteiger partial charge in [-0.2, -0.15) is 0 Å². The van der Waals surface area contributed by atoms with Crippen LogP contribution >= 0.6 is 15.9 Å². The average molecular weight is 338 g/mol. The molecule has 1 unspecified atom stereocenters. The van der Waals surface area contributed by atoms with E-state index in [1.54, 1.807) is 6.07 Å². The molecule has 20 heavy (non-hydrogen) atoms. The summed E-state index contributed by atoms with van der Waals surface area (Å²) >= 11 is 3.48. The predicted octanol–water partition coefficient (Wildman–Crippen LogP) is 4.43. The van der Waals surface area contributed by atoms with E-state index in [4.69, 9.17) is 10.5 Å². The molecule has 2 nitrogen and oxygen atoms in total. The van der Waals surface area contributed by atoms with Crippen molar-refractivity contribution in [2.45, 2.75) is 19.4 Å². The van der Waals surface area contributed by atoms with Gasteiger partial charge in [0.25, 0.3) is 0 Å². The fourth-order valence-electron chi connectivity index (χ4n) is 1.93. The minimum Gasteiger partial charge on any atom is -0.492 e.